The lowest BCUT2D eigenvalue weighted by Crippen LogP contribution is -2.52. The minimum absolute atomic E-state index is 0.242. The summed E-state index contributed by atoms with van der Waals surface area (Å²) in [6, 6.07) is 8.26. The van der Waals surface area contributed by atoms with E-state index in [2.05, 4.69) is 10.6 Å². The summed E-state index contributed by atoms with van der Waals surface area (Å²) in [5.74, 6) is -2.76. The molecule has 0 spiro atoms. The fourth-order valence-corrected chi connectivity index (χ4v) is 2.08. The number of likely N-dealkylation sites (N-methyl/N-ethyl adjacent to an activating group) is 1. The van der Waals surface area contributed by atoms with Crippen molar-refractivity contribution >= 4 is 23.7 Å². The number of carbonyl (C=O) groups excluding carboxylic acids is 3. The molecule has 0 aromatic heterocycles. The van der Waals surface area contributed by atoms with Crippen LogP contribution in [0.4, 0.5) is 0 Å². The van der Waals surface area contributed by atoms with Crippen LogP contribution < -0.4 is 16.4 Å². The highest BCUT2D eigenvalue weighted by Gasteiger charge is 2.26. The first-order chi connectivity index (χ1) is 11.8. The smallest absolute Gasteiger partial charge is 0.322 e. The van der Waals surface area contributed by atoms with Gasteiger partial charge in [0.15, 0.2) is 0 Å². The number of nitrogens with zero attached hydrogens (tertiary/aromatic N) is 1. The number of nitrogens with one attached hydrogen (secondary N) is 2. The van der Waals surface area contributed by atoms with E-state index in [-0.39, 0.29) is 19.5 Å². The van der Waals surface area contributed by atoms with Gasteiger partial charge in [-0.2, -0.15) is 0 Å². The Balaban J connectivity index is 2.73. The monoisotopic (exact) mass is 350 g/mol. The number of benzene rings is 1. The zero-order valence-corrected chi connectivity index (χ0v) is 13.9. The van der Waals surface area contributed by atoms with Gasteiger partial charge in [-0.25, -0.2) is 0 Å². The second-order valence-corrected chi connectivity index (χ2v) is 5.30. The van der Waals surface area contributed by atoms with Gasteiger partial charge in [0, 0.05) is 13.5 Å². The maximum atomic E-state index is 12.4. The number of amides is 3. The molecule has 5 N–H and O–H groups in total. The quantitative estimate of drug-likeness (QED) is 0.420. The van der Waals surface area contributed by atoms with Crippen LogP contribution >= 0.6 is 0 Å². The van der Waals surface area contributed by atoms with Crippen LogP contribution in [0.15, 0.2) is 30.3 Å². The average molecular weight is 350 g/mol. The van der Waals surface area contributed by atoms with Gasteiger partial charge in [-0.1, -0.05) is 30.3 Å². The highest BCUT2D eigenvalue weighted by molar-refractivity contribution is 5.91. The van der Waals surface area contributed by atoms with Crippen molar-refractivity contribution in [2.45, 2.75) is 12.5 Å². The van der Waals surface area contributed by atoms with Crippen LogP contribution in [0.25, 0.3) is 0 Å². The highest BCUT2D eigenvalue weighted by Crippen LogP contribution is 2.08. The molecule has 9 nitrogen and oxygen atoms in total. The van der Waals surface area contributed by atoms with Crippen LogP contribution in [0.5, 0.6) is 0 Å². The van der Waals surface area contributed by atoms with E-state index in [1.807, 2.05) is 30.3 Å². The Labute approximate surface area is 145 Å². The topological polar surface area (TPSA) is 142 Å². The van der Waals surface area contributed by atoms with Crippen LogP contribution in [0.3, 0.4) is 0 Å². The van der Waals surface area contributed by atoms with Crippen molar-refractivity contribution in [3.63, 3.8) is 0 Å². The van der Waals surface area contributed by atoms with E-state index >= 15 is 0 Å². The number of hydrogen-bond acceptors (Lipinski definition) is 5. The molecule has 0 fully saturated rings. The molecule has 0 aliphatic rings. The molecule has 0 bridgehead atoms. The Morgan fingerprint density at radius 1 is 1.12 bits per heavy atom. The summed E-state index contributed by atoms with van der Waals surface area (Å²) in [5.41, 5.74) is 6.19. The first-order valence-corrected chi connectivity index (χ1v) is 7.61. The summed E-state index contributed by atoms with van der Waals surface area (Å²) >= 11 is 0. The number of carboxylic acids is 1. The van der Waals surface area contributed by atoms with Crippen LogP contribution in [-0.2, 0) is 25.6 Å². The normalized spacial score (nSPS) is 11.3. The fraction of sp³-hybridized carbons (Fsp3) is 0.375. The van der Waals surface area contributed by atoms with E-state index in [0.717, 1.165) is 5.56 Å². The average Bonchev–Trinajstić information content (AvgIpc) is 2.61. The van der Waals surface area contributed by atoms with Crippen molar-refractivity contribution in [1.29, 1.82) is 0 Å². The molecule has 0 saturated heterocycles. The molecule has 3 amide bonds. The molecule has 0 aliphatic heterocycles. The minimum atomic E-state index is -1.19. The molecule has 0 heterocycles. The number of nitrogens with two attached hydrogens (primary N) is 1. The summed E-state index contributed by atoms with van der Waals surface area (Å²) in [4.78, 5) is 47.4. The van der Waals surface area contributed by atoms with Gasteiger partial charge in [0.05, 0.1) is 13.1 Å². The van der Waals surface area contributed by atoms with Gasteiger partial charge < -0.3 is 26.4 Å². The summed E-state index contributed by atoms with van der Waals surface area (Å²) in [6.45, 7) is -1.16. The molecule has 1 unspecified atom stereocenters. The SMILES string of the molecule is CN(C(=O)CN)C(Cc1ccccc1)C(=O)NCC(=O)NCC(=O)O. The van der Waals surface area contributed by atoms with Gasteiger partial charge >= 0.3 is 5.97 Å². The predicted octanol–water partition coefficient (Wildman–Crippen LogP) is -1.67. The molecule has 136 valence electrons. The molecule has 1 aromatic carbocycles. The van der Waals surface area contributed by atoms with E-state index in [1.54, 1.807) is 0 Å². The van der Waals surface area contributed by atoms with E-state index in [9.17, 15) is 19.2 Å². The molecular weight excluding hydrogens is 328 g/mol. The van der Waals surface area contributed by atoms with E-state index in [0.29, 0.717) is 0 Å². The number of hydrogen-bond donors (Lipinski definition) is 4. The first kappa shape index (κ1) is 20.1. The third-order valence-corrected chi connectivity index (χ3v) is 3.47. The molecule has 1 rings (SSSR count). The third-order valence-electron chi connectivity index (χ3n) is 3.47. The van der Waals surface area contributed by atoms with E-state index < -0.39 is 36.3 Å². The van der Waals surface area contributed by atoms with E-state index in [4.69, 9.17) is 10.8 Å². The van der Waals surface area contributed by atoms with Gasteiger partial charge in [-0.3, -0.25) is 19.2 Å². The number of aliphatic carboxylic acids is 1. The lowest BCUT2D eigenvalue weighted by molar-refractivity contribution is -0.139. The number of rotatable bonds is 9. The van der Waals surface area contributed by atoms with Crippen molar-refractivity contribution in [1.82, 2.24) is 15.5 Å². The molecule has 9 heteroatoms. The zero-order chi connectivity index (χ0) is 18.8. The number of carbonyl (C=O) groups is 4. The van der Waals surface area contributed by atoms with Crippen LogP contribution in [0.1, 0.15) is 5.56 Å². The maximum absolute atomic E-state index is 12.4. The van der Waals surface area contributed by atoms with Crippen LogP contribution in [0.2, 0.25) is 0 Å². The zero-order valence-electron chi connectivity index (χ0n) is 13.9. The van der Waals surface area contributed by atoms with Crippen molar-refractivity contribution in [3.8, 4) is 0 Å². The second kappa shape index (κ2) is 10.0. The minimum Gasteiger partial charge on any atom is -0.480 e. The van der Waals surface area contributed by atoms with Gasteiger partial charge in [0.25, 0.3) is 0 Å². The molecule has 1 aromatic rings. The van der Waals surface area contributed by atoms with Crippen molar-refractivity contribution in [2.75, 3.05) is 26.7 Å². The molecule has 0 radical (unpaired) electrons. The maximum Gasteiger partial charge on any atom is 0.322 e. The Morgan fingerprint density at radius 2 is 1.76 bits per heavy atom. The Bertz CT molecular complexity index is 620. The van der Waals surface area contributed by atoms with Crippen molar-refractivity contribution in [2.24, 2.45) is 5.73 Å². The van der Waals surface area contributed by atoms with Gasteiger partial charge in [0.1, 0.15) is 12.6 Å². The standard InChI is InChI=1S/C16H22N4O5/c1-20(14(22)8-17)12(7-11-5-3-2-4-6-11)16(25)19-9-13(21)18-10-15(23)24/h2-6,12H,7-10,17H2,1H3,(H,18,21)(H,19,25)(H,23,24). The molecule has 0 aliphatic carbocycles. The Hall–Kier alpha value is -2.94. The van der Waals surface area contributed by atoms with Gasteiger partial charge in [0.2, 0.25) is 17.7 Å². The summed E-state index contributed by atoms with van der Waals surface area (Å²) < 4.78 is 0. The Morgan fingerprint density at radius 3 is 2.32 bits per heavy atom. The summed E-state index contributed by atoms with van der Waals surface area (Å²) in [7, 11) is 1.47. The molecule has 0 saturated carbocycles. The summed E-state index contributed by atoms with van der Waals surface area (Å²) in [6.07, 6.45) is 0.256. The van der Waals surface area contributed by atoms with Gasteiger partial charge in [-0.05, 0) is 5.56 Å². The molecule has 1 atom stereocenters. The lowest BCUT2D eigenvalue weighted by Gasteiger charge is -2.27. The summed E-state index contributed by atoms with van der Waals surface area (Å²) in [5, 5.41) is 13.0. The first-order valence-electron chi connectivity index (χ1n) is 7.61. The molecular formula is C16H22N4O5. The fourth-order valence-electron chi connectivity index (χ4n) is 2.08. The van der Waals surface area contributed by atoms with Crippen LogP contribution in [-0.4, -0.2) is 66.4 Å². The third kappa shape index (κ3) is 7.00. The van der Waals surface area contributed by atoms with Crippen LogP contribution in [0, 0.1) is 0 Å². The van der Waals surface area contributed by atoms with Crippen molar-refractivity contribution in [3.05, 3.63) is 35.9 Å². The van der Waals surface area contributed by atoms with E-state index in [1.165, 1.54) is 11.9 Å². The predicted molar refractivity (Wildman–Crippen MR) is 89.4 cm³/mol. The second-order valence-electron chi connectivity index (χ2n) is 5.30. The Kier molecular flexibility index (Phi) is 8.07. The largest absolute Gasteiger partial charge is 0.480 e. The van der Waals surface area contributed by atoms with Crippen molar-refractivity contribution < 1.29 is 24.3 Å². The highest BCUT2D eigenvalue weighted by atomic mass is 16.4. The number of carboxylic acid groups (broad SMARTS) is 1. The lowest BCUT2D eigenvalue weighted by atomic mass is 10.0. The molecule has 25 heavy (non-hydrogen) atoms. The van der Waals surface area contributed by atoms with Gasteiger partial charge in [-0.15, -0.1) is 0 Å².